The van der Waals surface area contributed by atoms with Gasteiger partial charge in [-0.15, -0.1) is 0 Å². The van der Waals surface area contributed by atoms with E-state index in [-0.39, 0.29) is 0 Å². The summed E-state index contributed by atoms with van der Waals surface area (Å²) in [7, 11) is 0. The van der Waals surface area contributed by atoms with E-state index < -0.39 is 0 Å². The lowest BCUT2D eigenvalue weighted by atomic mass is 10.0. The second kappa shape index (κ2) is 9.54. The highest BCUT2D eigenvalue weighted by Crippen LogP contribution is 2.38. The third kappa shape index (κ3) is 4.14. The second-order valence-corrected chi connectivity index (χ2v) is 10.1. The van der Waals surface area contributed by atoms with Crippen LogP contribution in [0.5, 0.6) is 0 Å². The van der Waals surface area contributed by atoms with Crippen LogP contribution in [0.2, 0.25) is 0 Å². The Hall–Kier alpha value is -5.61. The summed E-state index contributed by atoms with van der Waals surface area (Å²) in [5.41, 5.74) is 6.70. The van der Waals surface area contributed by atoms with Crippen molar-refractivity contribution in [3.8, 4) is 45.3 Å². The number of nitrogens with zero attached hydrogens (tertiary/aromatic N) is 3. The minimum absolute atomic E-state index is 0.612. The molecule has 4 heteroatoms. The molecule has 4 nitrogen and oxygen atoms in total. The molecule has 2 aromatic heterocycles. The van der Waals surface area contributed by atoms with Gasteiger partial charge >= 0.3 is 0 Å². The first-order chi connectivity index (χ1) is 20.3. The number of hydrogen-bond acceptors (Lipinski definition) is 4. The van der Waals surface area contributed by atoms with E-state index in [2.05, 4.69) is 84.9 Å². The summed E-state index contributed by atoms with van der Waals surface area (Å²) in [6.45, 7) is 0. The van der Waals surface area contributed by atoms with Crippen molar-refractivity contribution < 1.29 is 4.42 Å². The fourth-order valence-electron chi connectivity index (χ4n) is 5.51. The quantitative estimate of drug-likeness (QED) is 0.230. The molecule has 0 atom stereocenters. The van der Waals surface area contributed by atoms with Gasteiger partial charge in [-0.2, -0.15) is 0 Å². The number of aromatic nitrogens is 3. The zero-order chi connectivity index (χ0) is 27.2. The number of hydrogen-bond donors (Lipinski definition) is 0. The number of rotatable bonds is 4. The third-order valence-electron chi connectivity index (χ3n) is 7.50. The molecule has 0 saturated carbocycles. The van der Waals surface area contributed by atoms with Gasteiger partial charge in [0.1, 0.15) is 11.2 Å². The van der Waals surface area contributed by atoms with E-state index >= 15 is 0 Å². The summed E-state index contributed by atoms with van der Waals surface area (Å²) in [6.07, 6.45) is 0. The van der Waals surface area contributed by atoms with Crippen molar-refractivity contribution in [2.24, 2.45) is 0 Å². The largest absolute Gasteiger partial charge is 0.456 e. The summed E-state index contributed by atoms with van der Waals surface area (Å²) in [4.78, 5) is 15.0. The van der Waals surface area contributed by atoms with Gasteiger partial charge in [0.25, 0.3) is 0 Å². The van der Waals surface area contributed by atoms with E-state index in [4.69, 9.17) is 19.4 Å². The van der Waals surface area contributed by atoms with Crippen LogP contribution in [0.1, 0.15) is 0 Å². The maximum absolute atomic E-state index is 6.35. The Balaban J connectivity index is 1.37. The van der Waals surface area contributed by atoms with E-state index in [9.17, 15) is 0 Å². The van der Waals surface area contributed by atoms with E-state index in [0.29, 0.717) is 17.5 Å². The van der Waals surface area contributed by atoms with Gasteiger partial charge < -0.3 is 4.42 Å². The van der Waals surface area contributed by atoms with Gasteiger partial charge in [-0.25, -0.2) is 15.0 Å². The minimum atomic E-state index is 0.612. The van der Waals surface area contributed by atoms with Crippen LogP contribution in [0.25, 0.3) is 78.0 Å². The van der Waals surface area contributed by atoms with Gasteiger partial charge in [-0.3, -0.25) is 0 Å². The fourth-order valence-corrected chi connectivity index (χ4v) is 5.51. The van der Waals surface area contributed by atoms with E-state index in [0.717, 1.165) is 60.5 Å². The predicted molar refractivity (Wildman–Crippen MR) is 166 cm³/mol. The van der Waals surface area contributed by atoms with Crippen LogP contribution in [0.4, 0.5) is 0 Å². The summed E-state index contributed by atoms with van der Waals surface area (Å²) in [6, 6.07) is 47.5. The molecule has 8 aromatic rings. The van der Waals surface area contributed by atoms with E-state index in [1.165, 1.54) is 0 Å². The number of benzene rings is 6. The monoisotopic (exact) mass is 525 g/mol. The molecule has 0 spiro atoms. The Morgan fingerprint density at radius 3 is 1.76 bits per heavy atom. The lowest BCUT2D eigenvalue weighted by molar-refractivity contribution is 0.669. The van der Waals surface area contributed by atoms with Crippen molar-refractivity contribution in [1.29, 1.82) is 0 Å². The molecule has 0 bridgehead atoms. The van der Waals surface area contributed by atoms with Gasteiger partial charge in [-0.1, -0.05) is 115 Å². The average Bonchev–Trinajstić information content (AvgIpc) is 3.42. The molecule has 0 saturated heterocycles. The van der Waals surface area contributed by atoms with E-state index in [1.807, 2.05) is 54.6 Å². The van der Waals surface area contributed by atoms with Crippen LogP contribution in [0.15, 0.2) is 144 Å². The van der Waals surface area contributed by atoms with Gasteiger partial charge in [0.2, 0.25) is 0 Å². The van der Waals surface area contributed by atoms with Crippen LogP contribution in [-0.2, 0) is 0 Å². The van der Waals surface area contributed by atoms with Crippen molar-refractivity contribution in [2.45, 2.75) is 0 Å². The predicted octanol–water partition coefficient (Wildman–Crippen LogP) is 9.59. The maximum Gasteiger partial charge on any atom is 0.164 e. The topological polar surface area (TPSA) is 51.8 Å². The molecule has 0 amide bonds. The zero-order valence-electron chi connectivity index (χ0n) is 22.0. The summed E-state index contributed by atoms with van der Waals surface area (Å²) in [5, 5.41) is 4.36. The molecule has 192 valence electrons. The summed E-state index contributed by atoms with van der Waals surface area (Å²) >= 11 is 0. The third-order valence-corrected chi connectivity index (χ3v) is 7.50. The summed E-state index contributed by atoms with van der Waals surface area (Å²) in [5.74, 6) is 1.87. The molecule has 0 aliphatic heterocycles. The van der Waals surface area contributed by atoms with E-state index in [1.54, 1.807) is 0 Å². The standard InChI is InChI=1S/C37H23N3O/c1-3-11-24(12-4-1)26-17-9-18-29(21-26)36-38-35(25-13-5-2-6-14-25)39-37(40-36)30-19-10-20-32-34(30)31-22-27-15-7-8-16-28(27)23-33(31)41-32/h1-23H. The van der Waals surface area contributed by atoms with Crippen molar-refractivity contribution in [1.82, 2.24) is 15.0 Å². The number of fused-ring (bicyclic) bond motifs is 4. The molecule has 41 heavy (non-hydrogen) atoms. The first kappa shape index (κ1) is 23.3. The minimum Gasteiger partial charge on any atom is -0.456 e. The molecular weight excluding hydrogens is 502 g/mol. The van der Waals surface area contributed by atoms with Gasteiger partial charge in [0.05, 0.1) is 0 Å². The SMILES string of the molecule is c1ccc(-c2cccc(-c3nc(-c4ccccc4)nc(-c4cccc5oc6cc7ccccc7cc6c45)n3)c2)cc1. The molecular formula is C37H23N3O. The molecule has 0 N–H and O–H groups in total. The van der Waals surface area contributed by atoms with Gasteiger partial charge in [0, 0.05) is 27.5 Å². The molecule has 6 aromatic carbocycles. The molecule has 8 rings (SSSR count). The Labute approximate surface area is 236 Å². The Morgan fingerprint density at radius 1 is 0.390 bits per heavy atom. The fraction of sp³-hybridized carbons (Fsp3) is 0. The van der Waals surface area contributed by atoms with Crippen molar-refractivity contribution >= 4 is 32.7 Å². The molecule has 0 unspecified atom stereocenters. The van der Waals surface area contributed by atoms with Gasteiger partial charge in [0.15, 0.2) is 17.5 Å². The van der Waals surface area contributed by atoms with Crippen molar-refractivity contribution in [3.05, 3.63) is 140 Å². The Bertz CT molecular complexity index is 2200. The van der Waals surface area contributed by atoms with Crippen molar-refractivity contribution in [2.75, 3.05) is 0 Å². The molecule has 2 heterocycles. The molecule has 0 fully saturated rings. The van der Waals surface area contributed by atoms with Gasteiger partial charge in [-0.05, 0) is 46.2 Å². The summed E-state index contributed by atoms with van der Waals surface area (Å²) < 4.78 is 6.35. The second-order valence-electron chi connectivity index (χ2n) is 10.1. The van der Waals surface area contributed by atoms with Crippen LogP contribution in [0, 0.1) is 0 Å². The lowest BCUT2D eigenvalue weighted by Gasteiger charge is -2.10. The highest BCUT2D eigenvalue weighted by Gasteiger charge is 2.18. The Kier molecular flexibility index (Phi) is 5.42. The molecule has 0 aliphatic rings. The highest BCUT2D eigenvalue weighted by atomic mass is 16.3. The van der Waals surface area contributed by atoms with Crippen LogP contribution in [-0.4, -0.2) is 15.0 Å². The average molecular weight is 526 g/mol. The first-order valence-electron chi connectivity index (χ1n) is 13.6. The zero-order valence-corrected chi connectivity index (χ0v) is 22.0. The maximum atomic E-state index is 6.35. The van der Waals surface area contributed by atoms with Crippen LogP contribution >= 0.6 is 0 Å². The first-order valence-corrected chi connectivity index (χ1v) is 13.6. The molecule has 0 aliphatic carbocycles. The Morgan fingerprint density at radius 2 is 0.976 bits per heavy atom. The van der Waals surface area contributed by atoms with Crippen LogP contribution in [0.3, 0.4) is 0 Å². The molecule has 0 radical (unpaired) electrons. The number of furan rings is 1. The highest BCUT2D eigenvalue weighted by molar-refractivity contribution is 6.15. The normalized spacial score (nSPS) is 11.4. The lowest BCUT2D eigenvalue weighted by Crippen LogP contribution is -2.00. The van der Waals surface area contributed by atoms with Crippen molar-refractivity contribution in [3.63, 3.8) is 0 Å². The smallest absolute Gasteiger partial charge is 0.164 e. The van der Waals surface area contributed by atoms with Crippen LogP contribution < -0.4 is 0 Å².